The molecule has 4 nitrogen and oxygen atoms in total. The minimum atomic E-state index is 0.563. The van der Waals surface area contributed by atoms with Gasteiger partial charge in [-0.15, -0.1) is 0 Å². The molecule has 2 N–H and O–H groups in total. The van der Waals surface area contributed by atoms with E-state index in [-0.39, 0.29) is 0 Å². The van der Waals surface area contributed by atoms with Crippen molar-refractivity contribution in [2.45, 2.75) is 27.2 Å². The van der Waals surface area contributed by atoms with Gasteiger partial charge in [-0.2, -0.15) is 4.98 Å². The molecular weight excluding hydrogens is 226 g/mol. The number of ether oxygens (including phenoxy) is 1. The number of nitrogens with zero attached hydrogens (tertiary/aromatic N) is 2. The fourth-order valence-electron chi connectivity index (χ4n) is 1.69. The minimum absolute atomic E-state index is 0.563. The fraction of sp³-hybridized carbons (Fsp3) is 0.286. The molecule has 18 heavy (non-hydrogen) atoms. The van der Waals surface area contributed by atoms with E-state index in [0.717, 1.165) is 23.4 Å². The lowest BCUT2D eigenvalue weighted by Crippen LogP contribution is -1.99. The third kappa shape index (κ3) is 2.59. The zero-order valence-corrected chi connectivity index (χ0v) is 10.9. The highest BCUT2D eigenvalue weighted by Gasteiger charge is 2.06. The quantitative estimate of drug-likeness (QED) is 0.842. The number of aryl methyl sites for hydroxylation is 2. The van der Waals surface area contributed by atoms with Gasteiger partial charge in [-0.25, -0.2) is 4.98 Å². The van der Waals surface area contributed by atoms with Crippen molar-refractivity contribution in [3.8, 4) is 11.6 Å². The van der Waals surface area contributed by atoms with Crippen molar-refractivity contribution < 1.29 is 4.74 Å². The van der Waals surface area contributed by atoms with E-state index in [0.29, 0.717) is 17.4 Å². The Bertz CT molecular complexity index is 567. The number of hydrogen-bond acceptors (Lipinski definition) is 4. The van der Waals surface area contributed by atoms with E-state index in [9.17, 15) is 0 Å². The second-order valence-electron chi connectivity index (χ2n) is 4.17. The number of hydrogen-bond donors (Lipinski definition) is 1. The molecule has 0 saturated carbocycles. The molecule has 1 aromatic carbocycles. The largest absolute Gasteiger partial charge is 0.439 e. The molecule has 0 spiro atoms. The number of benzene rings is 1. The van der Waals surface area contributed by atoms with Crippen molar-refractivity contribution in [1.29, 1.82) is 0 Å². The van der Waals surface area contributed by atoms with Gasteiger partial charge in [-0.1, -0.05) is 13.0 Å². The third-order valence-electron chi connectivity index (χ3n) is 2.77. The monoisotopic (exact) mass is 243 g/mol. The van der Waals surface area contributed by atoms with Crippen LogP contribution in [0.25, 0.3) is 0 Å². The van der Waals surface area contributed by atoms with E-state index in [1.165, 1.54) is 0 Å². The normalized spacial score (nSPS) is 10.4. The molecule has 4 heteroatoms. The molecule has 0 fully saturated rings. The molecule has 0 aliphatic rings. The van der Waals surface area contributed by atoms with Crippen LogP contribution in [-0.2, 0) is 6.42 Å². The lowest BCUT2D eigenvalue weighted by atomic mass is 10.2. The summed E-state index contributed by atoms with van der Waals surface area (Å²) in [4.78, 5) is 8.59. The summed E-state index contributed by atoms with van der Waals surface area (Å²) in [6, 6.07) is 7.46. The van der Waals surface area contributed by atoms with Gasteiger partial charge in [0.15, 0.2) is 0 Å². The maximum Gasteiger partial charge on any atom is 0.222 e. The van der Waals surface area contributed by atoms with E-state index in [2.05, 4.69) is 16.9 Å². The predicted molar refractivity (Wildman–Crippen MR) is 71.8 cm³/mol. The maximum absolute atomic E-state index is 5.85. The van der Waals surface area contributed by atoms with Crippen LogP contribution in [0.5, 0.6) is 11.6 Å². The number of nitrogen functional groups attached to an aromatic ring is 1. The summed E-state index contributed by atoms with van der Waals surface area (Å²) >= 11 is 0. The smallest absolute Gasteiger partial charge is 0.222 e. The maximum atomic E-state index is 5.85. The first-order valence-electron chi connectivity index (χ1n) is 5.97. The van der Waals surface area contributed by atoms with Gasteiger partial charge in [-0.3, -0.25) is 0 Å². The molecule has 0 atom stereocenters. The Morgan fingerprint density at radius 3 is 2.72 bits per heavy atom. The van der Waals surface area contributed by atoms with Crippen molar-refractivity contribution in [2.75, 3.05) is 5.73 Å². The number of rotatable bonds is 3. The van der Waals surface area contributed by atoms with Crippen LogP contribution >= 0.6 is 0 Å². The first-order valence-corrected chi connectivity index (χ1v) is 5.97. The van der Waals surface area contributed by atoms with Gasteiger partial charge in [-0.05, 0) is 32.4 Å². The Balaban J connectivity index is 2.34. The van der Waals surface area contributed by atoms with Crippen LogP contribution in [0, 0.1) is 13.8 Å². The first-order chi connectivity index (χ1) is 8.60. The SMILES string of the molecule is CCc1cc(Oc2cccc(N)c2C)nc(C)n1. The molecule has 0 bridgehead atoms. The summed E-state index contributed by atoms with van der Waals surface area (Å²) < 4.78 is 5.78. The van der Waals surface area contributed by atoms with Crippen LogP contribution in [0.4, 0.5) is 5.69 Å². The standard InChI is InChI=1S/C14H17N3O/c1-4-11-8-14(17-10(3)16-11)18-13-7-5-6-12(15)9(13)2/h5-8H,4,15H2,1-3H3. The van der Waals surface area contributed by atoms with Crippen molar-refractivity contribution in [2.24, 2.45) is 0 Å². The summed E-state index contributed by atoms with van der Waals surface area (Å²) in [5.41, 5.74) is 8.46. The number of aromatic nitrogens is 2. The highest BCUT2D eigenvalue weighted by atomic mass is 16.5. The summed E-state index contributed by atoms with van der Waals surface area (Å²) in [5.74, 6) is 2.01. The van der Waals surface area contributed by atoms with Gasteiger partial charge < -0.3 is 10.5 Å². The number of nitrogens with two attached hydrogens (primary N) is 1. The molecule has 0 aliphatic carbocycles. The lowest BCUT2D eigenvalue weighted by molar-refractivity contribution is 0.455. The molecule has 1 heterocycles. The highest BCUT2D eigenvalue weighted by molar-refractivity contribution is 5.53. The van der Waals surface area contributed by atoms with Crippen LogP contribution in [0.15, 0.2) is 24.3 Å². The molecule has 94 valence electrons. The second kappa shape index (κ2) is 5.04. The van der Waals surface area contributed by atoms with Gasteiger partial charge in [0, 0.05) is 23.0 Å². The molecule has 2 aromatic rings. The van der Waals surface area contributed by atoms with E-state index in [1.54, 1.807) is 0 Å². The van der Waals surface area contributed by atoms with Crippen molar-refractivity contribution >= 4 is 5.69 Å². The van der Waals surface area contributed by atoms with E-state index in [1.807, 2.05) is 38.1 Å². The average molecular weight is 243 g/mol. The Kier molecular flexibility index (Phi) is 3.46. The molecule has 0 aliphatic heterocycles. The zero-order chi connectivity index (χ0) is 13.1. The fourth-order valence-corrected chi connectivity index (χ4v) is 1.69. The van der Waals surface area contributed by atoms with Crippen molar-refractivity contribution in [1.82, 2.24) is 9.97 Å². The number of anilines is 1. The van der Waals surface area contributed by atoms with Gasteiger partial charge >= 0.3 is 0 Å². The Labute approximate surface area is 107 Å². The van der Waals surface area contributed by atoms with Crippen LogP contribution < -0.4 is 10.5 Å². The van der Waals surface area contributed by atoms with Gasteiger partial charge in [0.2, 0.25) is 5.88 Å². The van der Waals surface area contributed by atoms with E-state index < -0.39 is 0 Å². The molecule has 0 saturated heterocycles. The van der Waals surface area contributed by atoms with Gasteiger partial charge in [0.1, 0.15) is 11.6 Å². The summed E-state index contributed by atoms with van der Waals surface area (Å²) in [7, 11) is 0. The van der Waals surface area contributed by atoms with Crippen LogP contribution in [-0.4, -0.2) is 9.97 Å². The summed E-state index contributed by atoms with van der Waals surface area (Å²) in [5, 5.41) is 0. The topological polar surface area (TPSA) is 61.0 Å². The minimum Gasteiger partial charge on any atom is -0.439 e. The van der Waals surface area contributed by atoms with E-state index >= 15 is 0 Å². The Morgan fingerprint density at radius 1 is 1.22 bits per heavy atom. The molecule has 0 unspecified atom stereocenters. The van der Waals surface area contributed by atoms with Crippen LogP contribution in [0.2, 0.25) is 0 Å². The summed E-state index contributed by atoms with van der Waals surface area (Å²) in [6.07, 6.45) is 0.857. The molecule has 1 aromatic heterocycles. The average Bonchev–Trinajstić information content (AvgIpc) is 2.34. The molecule has 0 amide bonds. The second-order valence-corrected chi connectivity index (χ2v) is 4.17. The lowest BCUT2D eigenvalue weighted by Gasteiger charge is -2.10. The predicted octanol–water partition coefficient (Wildman–Crippen LogP) is 3.03. The Morgan fingerprint density at radius 2 is 2.00 bits per heavy atom. The third-order valence-corrected chi connectivity index (χ3v) is 2.77. The Hall–Kier alpha value is -2.10. The first kappa shape index (κ1) is 12.4. The molecular formula is C14H17N3O. The van der Waals surface area contributed by atoms with Crippen molar-refractivity contribution in [3.05, 3.63) is 41.3 Å². The molecule has 2 rings (SSSR count). The highest BCUT2D eigenvalue weighted by Crippen LogP contribution is 2.27. The summed E-state index contributed by atoms with van der Waals surface area (Å²) in [6.45, 7) is 5.84. The molecule has 0 radical (unpaired) electrons. The van der Waals surface area contributed by atoms with Crippen LogP contribution in [0.3, 0.4) is 0 Å². The van der Waals surface area contributed by atoms with Crippen molar-refractivity contribution in [3.63, 3.8) is 0 Å². The van der Waals surface area contributed by atoms with Crippen LogP contribution in [0.1, 0.15) is 24.0 Å². The van der Waals surface area contributed by atoms with Gasteiger partial charge in [0.05, 0.1) is 0 Å². The zero-order valence-electron chi connectivity index (χ0n) is 10.9. The van der Waals surface area contributed by atoms with Gasteiger partial charge in [0.25, 0.3) is 0 Å². The van der Waals surface area contributed by atoms with E-state index in [4.69, 9.17) is 10.5 Å².